The monoisotopic (exact) mass is 410 g/mol. The summed E-state index contributed by atoms with van der Waals surface area (Å²) >= 11 is 0. The Labute approximate surface area is 170 Å². The highest BCUT2D eigenvalue weighted by molar-refractivity contribution is 5.97. The molecule has 3 aromatic rings. The van der Waals surface area contributed by atoms with Gasteiger partial charge in [0.15, 0.2) is 5.82 Å². The van der Waals surface area contributed by atoms with Crippen LogP contribution in [0.2, 0.25) is 0 Å². The predicted octanol–water partition coefficient (Wildman–Crippen LogP) is 2.89. The van der Waals surface area contributed by atoms with Crippen LogP contribution in [0.15, 0.2) is 30.6 Å². The van der Waals surface area contributed by atoms with Crippen molar-refractivity contribution in [1.29, 1.82) is 0 Å². The second kappa shape index (κ2) is 6.61. The van der Waals surface area contributed by atoms with Crippen LogP contribution in [0.5, 0.6) is 0 Å². The third-order valence-corrected chi connectivity index (χ3v) is 5.29. The molecule has 2 aromatic heterocycles. The number of hydrogen-bond donors (Lipinski definition) is 2. The van der Waals surface area contributed by atoms with Crippen molar-refractivity contribution in [3.63, 3.8) is 0 Å². The summed E-state index contributed by atoms with van der Waals surface area (Å²) in [7, 11) is 0. The van der Waals surface area contributed by atoms with Gasteiger partial charge >= 0.3 is 5.82 Å². The number of aromatic nitrogens is 3. The molecule has 0 fully saturated rings. The molecule has 0 spiro atoms. The molecular weight excluding hydrogens is 391 g/mol. The highest BCUT2D eigenvalue weighted by Gasteiger charge is 2.33. The van der Waals surface area contributed by atoms with Gasteiger partial charge in [0, 0.05) is 23.8 Å². The highest BCUT2D eigenvalue weighted by Crippen LogP contribution is 2.35. The lowest BCUT2D eigenvalue weighted by atomic mass is 9.79. The van der Waals surface area contributed by atoms with Gasteiger partial charge in [-0.25, -0.2) is 4.39 Å². The smallest absolute Gasteiger partial charge is 0.398 e. The molecular formula is C20H19FN6O3. The molecule has 0 saturated carbocycles. The Morgan fingerprint density at radius 3 is 2.73 bits per heavy atom. The van der Waals surface area contributed by atoms with Crippen molar-refractivity contribution in [2.75, 3.05) is 12.3 Å². The molecule has 1 aromatic carbocycles. The van der Waals surface area contributed by atoms with Crippen molar-refractivity contribution in [2.45, 2.75) is 26.2 Å². The molecule has 0 atom stereocenters. The topological polar surface area (TPSA) is 129 Å². The van der Waals surface area contributed by atoms with E-state index in [1.165, 1.54) is 24.5 Å². The van der Waals surface area contributed by atoms with E-state index in [2.05, 4.69) is 15.4 Å². The maximum absolute atomic E-state index is 14.5. The first-order valence-corrected chi connectivity index (χ1v) is 9.17. The van der Waals surface area contributed by atoms with Crippen LogP contribution in [-0.4, -0.2) is 32.1 Å². The molecule has 0 bridgehead atoms. The minimum atomic E-state index is -0.653. The van der Waals surface area contributed by atoms with E-state index in [9.17, 15) is 19.3 Å². The number of amides is 1. The van der Waals surface area contributed by atoms with E-state index in [1.54, 1.807) is 13.0 Å². The Morgan fingerprint density at radius 1 is 1.30 bits per heavy atom. The van der Waals surface area contributed by atoms with E-state index in [-0.39, 0.29) is 28.3 Å². The first-order valence-electron chi connectivity index (χ1n) is 9.17. The first-order chi connectivity index (χ1) is 14.1. The number of pyridine rings is 1. The number of nitrogen functional groups attached to an aromatic ring is 1. The van der Waals surface area contributed by atoms with Gasteiger partial charge in [0.05, 0.1) is 22.6 Å². The summed E-state index contributed by atoms with van der Waals surface area (Å²) in [6.07, 6.45) is 2.74. The largest absolute Gasteiger partial charge is 0.399 e. The molecule has 1 aliphatic heterocycles. The van der Waals surface area contributed by atoms with Crippen molar-refractivity contribution >= 4 is 17.4 Å². The van der Waals surface area contributed by atoms with Crippen LogP contribution in [0.4, 0.5) is 15.9 Å². The van der Waals surface area contributed by atoms with E-state index in [4.69, 9.17) is 5.73 Å². The molecule has 30 heavy (non-hydrogen) atoms. The number of aryl methyl sites for hydroxylation is 1. The van der Waals surface area contributed by atoms with Gasteiger partial charge in [0.2, 0.25) is 0 Å². The van der Waals surface area contributed by atoms with Crippen LogP contribution in [0.25, 0.3) is 16.9 Å². The van der Waals surface area contributed by atoms with Gasteiger partial charge in [-0.15, -0.1) is 4.68 Å². The van der Waals surface area contributed by atoms with E-state index in [0.717, 1.165) is 10.2 Å². The van der Waals surface area contributed by atoms with Crippen molar-refractivity contribution in [3.8, 4) is 16.9 Å². The van der Waals surface area contributed by atoms with Gasteiger partial charge in [-0.1, -0.05) is 13.8 Å². The number of halogens is 1. The normalized spacial score (nSPS) is 14.9. The molecule has 10 heteroatoms. The van der Waals surface area contributed by atoms with Crippen LogP contribution < -0.4 is 11.1 Å². The molecule has 154 valence electrons. The molecule has 1 amide bonds. The molecule has 3 heterocycles. The second-order valence-corrected chi connectivity index (χ2v) is 7.91. The average molecular weight is 410 g/mol. The van der Waals surface area contributed by atoms with Crippen LogP contribution in [0.1, 0.15) is 35.3 Å². The SMILES string of the molecule is Cc1cc(F)c(-n2cc(-c3cc4c(cn3)C(=O)NCC4(C)C)c([N+](=O)[O-])n2)cc1N. The molecule has 0 saturated heterocycles. The number of rotatable bonds is 3. The van der Waals surface area contributed by atoms with Crippen molar-refractivity contribution in [3.05, 3.63) is 63.2 Å². The number of nitrogens with one attached hydrogen (secondary N) is 1. The number of nitrogens with zero attached hydrogens (tertiary/aromatic N) is 4. The van der Waals surface area contributed by atoms with Gasteiger partial charge in [-0.3, -0.25) is 9.78 Å². The fourth-order valence-corrected chi connectivity index (χ4v) is 3.49. The van der Waals surface area contributed by atoms with Crippen LogP contribution in [0, 0.1) is 22.9 Å². The molecule has 0 radical (unpaired) electrons. The number of anilines is 1. The molecule has 0 unspecified atom stereocenters. The zero-order valence-electron chi connectivity index (χ0n) is 16.6. The highest BCUT2D eigenvalue weighted by atomic mass is 19.1. The summed E-state index contributed by atoms with van der Waals surface area (Å²) in [5, 5.41) is 18.4. The van der Waals surface area contributed by atoms with E-state index in [1.807, 2.05) is 13.8 Å². The predicted molar refractivity (Wildman–Crippen MR) is 108 cm³/mol. The molecule has 0 aliphatic carbocycles. The summed E-state index contributed by atoms with van der Waals surface area (Å²) in [6.45, 7) is 6.00. The minimum absolute atomic E-state index is 0.00915. The lowest BCUT2D eigenvalue weighted by Crippen LogP contribution is -2.43. The first kappa shape index (κ1) is 19.5. The van der Waals surface area contributed by atoms with Crippen molar-refractivity contribution in [1.82, 2.24) is 20.1 Å². The van der Waals surface area contributed by atoms with Gasteiger partial charge in [-0.05, 0) is 41.2 Å². The van der Waals surface area contributed by atoms with Gasteiger partial charge in [0.1, 0.15) is 11.3 Å². The second-order valence-electron chi connectivity index (χ2n) is 7.91. The minimum Gasteiger partial charge on any atom is -0.398 e. The number of nitro groups is 1. The Hall–Kier alpha value is -3.82. The van der Waals surface area contributed by atoms with Crippen molar-refractivity contribution < 1.29 is 14.1 Å². The molecule has 3 N–H and O–H groups in total. The summed E-state index contributed by atoms with van der Waals surface area (Å²) < 4.78 is 15.6. The quantitative estimate of drug-likeness (QED) is 0.388. The number of carbonyl (C=O) groups is 1. The fraction of sp³-hybridized carbons (Fsp3) is 0.250. The van der Waals surface area contributed by atoms with E-state index < -0.39 is 16.6 Å². The zero-order chi connectivity index (χ0) is 21.8. The maximum Gasteiger partial charge on any atom is 0.399 e. The fourth-order valence-electron chi connectivity index (χ4n) is 3.49. The van der Waals surface area contributed by atoms with Gasteiger partial charge in [0.25, 0.3) is 5.91 Å². The number of hydrogen-bond acceptors (Lipinski definition) is 6. The molecule has 1 aliphatic rings. The average Bonchev–Trinajstić information content (AvgIpc) is 3.13. The van der Waals surface area contributed by atoms with Crippen LogP contribution in [-0.2, 0) is 5.41 Å². The summed E-state index contributed by atoms with van der Waals surface area (Å²) in [5.41, 5.74) is 7.90. The standard InChI is InChI=1S/C20H19FN6O3/c1-10-4-14(21)17(6-15(10)22)26-8-12(18(25-26)27(29)30)16-5-13-11(7-23-16)19(28)24-9-20(13,2)3/h4-8H,9,22H2,1-3H3,(H,24,28). The van der Waals surface area contributed by atoms with E-state index in [0.29, 0.717) is 23.4 Å². The number of benzene rings is 1. The maximum atomic E-state index is 14.5. The van der Waals surface area contributed by atoms with Gasteiger partial charge < -0.3 is 21.2 Å². The third-order valence-electron chi connectivity index (χ3n) is 5.29. The number of nitrogens with two attached hydrogens (primary N) is 1. The third kappa shape index (κ3) is 3.06. The Morgan fingerprint density at radius 2 is 2.03 bits per heavy atom. The Bertz CT molecular complexity index is 1220. The summed E-state index contributed by atoms with van der Waals surface area (Å²) in [4.78, 5) is 27.4. The van der Waals surface area contributed by atoms with Crippen LogP contribution >= 0.6 is 0 Å². The summed E-state index contributed by atoms with van der Waals surface area (Å²) in [6, 6.07) is 4.28. The Kier molecular flexibility index (Phi) is 4.30. The number of fused-ring (bicyclic) bond motifs is 1. The lowest BCUT2D eigenvalue weighted by molar-refractivity contribution is -0.389. The van der Waals surface area contributed by atoms with Gasteiger partial charge in [-0.2, -0.15) is 0 Å². The van der Waals surface area contributed by atoms with E-state index >= 15 is 0 Å². The van der Waals surface area contributed by atoms with Crippen molar-refractivity contribution in [2.24, 2.45) is 0 Å². The summed E-state index contributed by atoms with van der Waals surface area (Å²) in [5.74, 6) is -1.33. The Balaban J connectivity index is 1.90. The molecule has 9 nitrogen and oxygen atoms in total. The lowest BCUT2D eigenvalue weighted by Gasteiger charge is -2.32. The number of carbonyl (C=O) groups excluding carboxylic acids is 1. The molecule has 4 rings (SSSR count). The zero-order valence-corrected chi connectivity index (χ0v) is 16.6. The van der Waals surface area contributed by atoms with Crippen LogP contribution in [0.3, 0.4) is 0 Å².